The zero-order chi connectivity index (χ0) is 20.7. The molecule has 1 aliphatic heterocycles. The number of anilines is 1. The van der Waals surface area contributed by atoms with Crippen LogP contribution in [0.25, 0.3) is 0 Å². The van der Waals surface area contributed by atoms with Crippen molar-refractivity contribution >= 4 is 17.5 Å². The lowest BCUT2D eigenvalue weighted by atomic mass is 10.0. The number of ether oxygens (including phenoxy) is 2. The molecule has 3 atom stereocenters. The standard InChI is InChI=1S/C21H33N3O4/c1-6-7-20(25)23-16-8-9-17-18(10-16)28-13-15(3)22-11-14(2)19(27-5)12-24(4)21(17)26/h8-10,14-15,19,22H,6-7,11-13H2,1-5H3,(H,23,25)/t14-,15+,19-/m1/s1. The number of fused-ring (bicyclic) bond motifs is 1. The highest BCUT2D eigenvalue weighted by molar-refractivity contribution is 5.98. The Labute approximate surface area is 167 Å². The Morgan fingerprint density at radius 3 is 2.82 bits per heavy atom. The number of benzene rings is 1. The van der Waals surface area contributed by atoms with E-state index in [0.29, 0.717) is 36.6 Å². The summed E-state index contributed by atoms with van der Waals surface area (Å²) in [5.41, 5.74) is 1.11. The molecule has 2 rings (SSSR count). The van der Waals surface area contributed by atoms with Crippen LogP contribution in [-0.2, 0) is 9.53 Å². The third kappa shape index (κ3) is 5.94. The van der Waals surface area contributed by atoms with Crippen LogP contribution in [0, 0.1) is 5.92 Å². The van der Waals surface area contributed by atoms with Gasteiger partial charge < -0.3 is 25.0 Å². The lowest BCUT2D eigenvalue weighted by molar-refractivity contribution is -0.116. The predicted molar refractivity (Wildman–Crippen MR) is 110 cm³/mol. The van der Waals surface area contributed by atoms with Crippen LogP contribution in [0.2, 0.25) is 0 Å². The van der Waals surface area contributed by atoms with Gasteiger partial charge in [0.25, 0.3) is 5.91 Å². The largest absolute Gasteiger partial charge is 0.491 e. The molecule has 2 amide bonds. The molecule has 0 spiro atoms. The molecule has 1 aromatic carbocycles. The molecule has 0 radical (unpaired) electrons. The first-order chi connectivity index (χ1) is 13.3. The number of hydrogen-bond acceptors (Lipinski definition) is 5. The van der Waals surface area contributed by atoms with E-state index in [1.807, 2.05) is 13.8 Å². The van der Waals surface area contributed by atoms with Crippen molar-refractivity contribution in [2.75, 3.05) is 39.2 Å². The summed E-state index contributed by atoms with van der Waals surface area (Å²) in [4.78, 5) is 26.6. The van der Waals surface area contributed by atoms with Crippen LogP contribution in [0.1, 0.15) is 44.0 Å². The maximum atomic E-state index is 13.0. The van der Waals surface area contributed by atoms with Crippen molar-refractivity contribution in [3.63, 3.8) is 0 Å². The summed E-state index contributed by atoms with van der Waals surface area (Å²) in [5, 5.41) is 6.32. The van der Waals surface area contributed by atoms with Crippen LogP contribution in [0.4, 0.5) is 5.69 Å². The highest BCUT2D eigenvalue weighted by Gasteiger charge is 2.25. The molecule has 0 aliphatic carbocycles. The van der Waals surface area contributed by atoms with Crippen molar-refractivity contribution < 1.29 is 19.1 Å². The summed E-state index contributed by atoms with van der Waals surface area (Å²) < 4.78 is 11.6. The molecular weight excluding hydrogens is 358 g/mol. The summed E-state index contributed by atoms with van der Waals surface area (Å²) in [6, 6.07) is 5.29. The Morgan fingerprint density at radius 2 is 2.14 bits per heavy atom. The third-order valence-electron chi connectivity index (χ3n) is 4.99. The molecule has 1 aliphatic rings. The van der Waals surface area contributed by atoms with E-state index in [1.54, 1.807) is 37.3 Å². The molecule has 28 heavy (non-hydrogen) atoms. The second-order valence-corrected chi connectivity index (χ2v) is 7.57. The molecule has 0 aromatic heterocycles. The minimum Gasteiger partial charge on any atom is -0.491 e. The second kappa shape index (κ2) is 10.4. The van der Waals surface area contributed by atoms with Gasteiger partial charge in [-0.2, -0.15) is 0 Å². The lowest BCUT2D eigenvalue weighted by Gasteiger charge is -2.30. The van der Waals surface area contributed by atoms with Gasteiger partial charge in [0.1, 0.15) is 12.4 Å². The average molecular weight is 392 g/mol. The Morgan fingerprint density at radius 1 is 1.39 bits per heavy atom. The number of carbonyl (C=O) groups excluding carboxylic acids is 2. The lowest BCUT2D eigenvalue weighted by Crippen LogP contribution is -2.44. The van der Waals surface area contributed by atoms with E-state index in [0.717, 1.165) is 13.0 Å². The number of methoxy groups -OCH3 is 1. The van der Waals surface area contributed by atoms with Gasteiger partial charge in [-0.05, 0) is 31.4 Å². The Bertz CT molecular complexity index is 680. The number of rotatable bonds is 4. The van der Waals surface area contributed by atoms with Crippen LogP contribution in [0.3, 0.4) is 0 Å². The molecule has 7 heteroatoms. The first kappa shape index (κ1) is 22.2. The minimum atomic E-state index is -0.128. The van der Waals surface area contributed by atoms with Gasteiger partial charge in [0, 0.05) is 51.5 Å². The van der Waals surface area contributed by atoms with Gasteiger partial charge >= 0.3 is 0 Å². The van der Waals surface area contributed by atoms with Crippen LogP contribution >= 0.6 is 0 Å². The van der Waals surface area contributed by atoms with Gasteiger partial charge in [0.15, 0.2) is 0 Å². The van der Waals surface area contributed by atoms with Gasteiger partial charge in [-0.3, -0.25) is 9.59 Å². The number of likely N-dealkylation sites (N-methyl/N-ethyl adjacent to an activating group) is 1. The first-order valence-electron chi connectivity index (χ1n) is 9.94. The highest BCUT2D eigenvalue weighted by Crippen LogP contribution is 2.26. The van der Waals surface area contributed by atoms with Crippen molar-refractivity contribution in [1.29, 1.82) is 0 Å². The number of nitrogens with zero attached hydrogens (tertiary/aromatic N) is 1. The average Bonchev–Trinajstić information content (AvgIpc) is 2.67. The second-order valence-electron chi connectivity index (χ2n) is 7.57. The van der Waals surface area contributed by atoms with Gasteiger partial charge in [-0.15, -0.1) is 0 Å². The van der Waals surface area contributed by atoms with E-state index in [2.05, 4.69) is 17.6 Å². The summed E-state index contributed by atoms with van der Waals surface area (Å²) in [5.74, 6) is 0.544. The number of hydrogen-bond donors (Lipinski definition) is 2. The van der Waals surface area contributed by atoms with E-state index in [4.69, 9.17) is 9.47 Å². The number of carbonyl (C=O) groups is 2. The molecule has 7 nitrogen and oxygen atoms in total. The van der Waals surface area contributed by atoms with E-state index in [9.17, 15) is 9.59 Å². The van der Waals surface area contributed by atoms with Crippen LogP contribution in [0.15, 0.2) is 18.2 Å². The smallest absolute Gasteiger partial charge is 0.257 e. The first-order valence-corrected chi connectivity index (χ1v) is 9.94. The third-order valence-corrected chi connectivity index (χ3v) is 4.99. The summed E-state index contributed by atoms with van der Waals surface area (Å²) in [7, 11) is 3.45. The zero-order valence-electron chi connectivity index (χ0n) is 17.6. The van der Waals surface area contributed by atoms with E-state index in [-0.39, 0.29) is 29.9 Å². The fraction of sp³-hybridized carbons (Fsp3) is 0.619. The summed E-state index contributed by atoms with van der Waals surface area (Å²) in [6.45, 7) is 7.78. The van der Waals surface area contributed by atoms with Crippen LogP contribution in [0.5, 0.6) is 5.75 Å². The maximum absolute atomic E-state index is 13.0. The predicted octanol–water partition coefficient (Wildman–Crippen LogP) is 2.52. The molecule has 0 fully saturated rings. The summed E-state index contributed by atoms with van der Waals surface area (Å²) >= 11 is 0. The molecular formula is C21H33N3O4. The van der Waals surface area contributed by atoms with E-state index < -0.39 is 0 Å². The highest BCUT2D eigenvalue weighted by atomic mass is 16.5. The van der Waals surface area contributed by atoms with Crippen LogP contribution < -0.4 is 15.4 Å². The van der Waals surface area contributed by atoms with Crippen molar-refractivity contribution in [3.05, 3.63) is 23.8 Å². The van der Waals surface area contributed by atoms with Crippen molar-refractivity contribution in [2.24, 2.45) is 5.92 Å². The minimum absolute atomic E-state index is 0.0500. The Kier molecular flexibility index (Phi) is 8.26. The molecule has 1 heterocycles. The quantitative estimate of drug-likeness (QED) is 0.824. The van der Waals surface area contributed by atoms with E-state index >= 15 is 0 Å². The topological polar surface area (TPSA) is 79.9 Å². The monoisotopic (exact) mass is 391 g/mol. The number of nitrogens with one attached hydrogen (secondary N) is 2. The normalized spacial score (nSPS) is 23.8. The van der Waals surface area contributed by atoms with Crippen LogP contribution in [-0.4, -0.2) is 62.7 Å². The van der Waals surface area contributed by atoms with Gasteiger partial charge in [-0.1, -0.05) is 13.8 Å². The Balaban J connectivity index is 2.31. The number of amides is 2. The molecule has 0 unspecified atom stereocenters. The van der Waals surface area contributed by atoms with Gasteiger partial charge in [-0.25, -0.2) is 0 Å². The maximum Gasteiger partial charge on any atom is 0.257 e. The molecule has 0 bridgehead atoms. The van der Waals surface area contributed by atoms with Crippen molar-refractivity contribution in [3.8, 4) is 5.75 Å². The Hall–Kier alpha value is -2.12. The molecule has 2 N–H and O–H groups in total. The molecule has 1 aromatic rings. The molecule has 0 saturated heterocycles. The van der Waals surface area contributed by atoms with Gasteiger partial charge in [0.2, 0.25) is 5.91 Å². The molecule has 0 saturated carbocycles. The zero-order valence-corrected chi connectivity index (χ0v) is 17.6. The van der Waals surface area contributed by atoms with Crippen molar-refractivity contribution in [2.45, 2.75) is 45.8 Å². The van der Waals surface area contributed by atoms with E-state index in [1.165, 1.54) is 0 Å². The fourth-order valence-electron chi connectivity index (χ4n) is 3.18. The van der Waals surface area contributed by atoms with Crippen molar-refractivity contribution in [1.82, 2.24) is 10.2 Å². The SMILES string of the molecule is CCCC(=O)Nc1ccc2c(c1)OC[C@H](C)NC[C@@H](C)[C@H](OC)CN(C)C2=O. The summed E-state index contributed by atoms with van der Waals surface area (Å²) in [6.07, 6.45) is 1.17. The van der Waals surface area contributed by atoms with Gasteiger partial charge in [0.05, 0.1) is 11.7 Å². The molecule has 156 valence electrons. The fourth-order valence-corrected chi connectivity index (χ4v) is 3.18.